The highest BCUT2D eigenvalue weighted by Crippen LogP contribution is 2.35. The highest BCUT2D eigenvalue weighted by atomic mass is 127. The van der Waals surface area contributed by atoms with Crippen LogP contribution in [-0.2, 0) is 4.79 Å². The van der Waals surface area contributed by atoms with E-state index in [0.29, 0.717) is 11.5 Å². The van der Waals surface area contributed by atoms with Gasteiger partial charge in [-0.15, -0.1) is 0 Å². The lowest BCUT2D eigenvalue weighted by atomic mass is 9.99. The van der Waals surface area contributed by atoms with Crippen molar-refractivity contribution >= 4 is 51.4 Å². The van der Waals surface area contributed by atoms with Gasteiger partial charge >= 0.3 is 0 Å². The van der Waals surface area contributed by atoms with Crippen molar-refractivity contribution in [1.29, 1.82) is 0 Å². The van der Waals surface area contributed by atoms with Crippen LogP contribution in [-0.4, -0.2) is 42.6 Å². The minimum absolute atomic E-state index is 0.104. The summed E-state index contributed by atoms with van der Waals surface area (Å²) in [4.78, 5) is 15.5. The number of hydrogen-bond donors (Lipinski definition) is 1. The van der Waals surface area contributed by atoms with Crippen LogP contribution in [0.1, 0.15) is 36.5 Å². The zero-order valence-corrected chi connectivity index (χ0v) is 21.4. The number of carbonyl (C=O) groups is 1. The molecule has 2 aromatic rings. The highest BCUT2D eigenvalue weighted by Gasteiger charge is 2.21. The van der Waals surface area contributed by atoms with Gasteiger partial charge < -0.3 is 19.7 Å². The Morgan fingerprint density at radius 2 is 1.90 bits per heavy atom. The molecule has 1 aliphatic heterocycles. The van der Waals surface area contributed by atoms with Crippen LogP contribution < -0.4 is 14.8 Å². The number of nitrogens with zero attached hydrogens (tertiary/aromatic N) is 1. The second kappa shape index (κ2) is 10.6. The maximum Gasteiger partial charge on any atom is 0.262 e. The third kappa shape index (κ3) is 6.10. The molecule has 0 bridgehead atoms. The van der Waals surface area contributed by atoms with Gasteiger partial charge in [-0.05, 0) is 90.6 Å². The Kier molecular flexibility index (Phi) is 8.16. The molecule has 31 heavy (non-hydrogen) atoms. The molecule has 1 heterocycles. The predicted molar refractivity (Wildman–Crippen MR) is 137 cm³/mol. The van der Waals surface area contributed by atoms with Gasteiger partial charge in [-0.3, -0.25) is 4.79 Å². The molecule has 1 aliphatic rings. The molecule has 7 heteroatoms. The summed E-state index contributed by atoms with van der Waals surface area (Å²) < 4.78 is 12.3. The lowest BCUT2D eigenvalue weighted by Crippen LogP contribution is -2.37. The molecule has 1 amide bonds. The van der Waals surface area contributed by atoms with Crippen LogP contribution in [0, 0.1) is 23.3 Å². The molecule has 1 N–H and O–H groups in total. The van der Waals surface area contributed by atoms with E-state index >= 15 is 0 Å². The largest absolute Gasteiger partial charge is 0.493 e. The van der Waals surface area contributed by atoms with Crippen molar-refractivity contribution in [1.82, 2.24) is 4.90 Å². The Morgan fingerprint density at radius 1 is 1.19 bits per heavy atom. The van der Waals surface area contributed by atoms with Crippen LogP contribution >= 0.6 is 34.8 Å². The van der Waals surface area contributed by atoms with Gasteiger partial charge in [-0.2, -0.15) is 0 Å². The summed E-state index contributed by atoms with van der Waals surface area (Å²) in [5, 5.41) is 2.88. The molecule has 0 unspecified atom stereocenters. The van der Waals surface area contributed by atoms with Crippen molar-refractivity contribution < 1.29 is 14.3 Å². The average Bonchev–Trinajstić information content (AvgIpc) is 2.75. The fraction of sp³-hybridized carbons (Fsp3) is 0.417. The number of methoxy groups -OCH3 is 1. The van der Waals surface area contributed by atoms with Crippen molar-refractivity contribution in [2.45, 2.75) is 33.6 Å². The van der Waals surface area contributed by atoms with E-state index in [4.69, 9.17) is 21.7 Å². The number of likely N-dealkylation sites (tertiary alicyclic amines) is 1. The third-order valence-corrected chi connectivity index (χ3v) is 6.98. The number of nitrogens with one attached hydrogen (secondary N) is 1. The average molecular weight is 552 g/mol. The topological polar surface area (TPSA) is 50.8 Å². The van der Waals surface area contributed by atoms with Crippen LogP contribution in [0.4, 0.5) is 5.69 Å². The number of halogens is 1. The Balaban J connectivity index is 1.67. The Morgan fingerprint density at radius 3 is 2.55 bits per heavy atom. The molecule has 0 saturated carbocycles. The van der Waals surface area contributed by atoms with Gasteiger partial charge in [0.25, 0.3) is 5.91 Å². The summed E-state index contributed by atoms with van der Waals surface area (Å²) in [5.74, 6) is 1.66. The number of ether oxygens (including phenoxy) is 2. The first kappa shape index (κ1) is 23.8. The maximum atomic E-state index is 12.4. The van der Waals surface area contributed by atoms with Gasteiger partial charge in [-0.25, -0.2) is 0 Å². The van der Waals surface area contributed by atoms with E-state index in [2.05, 4.69) is 39.7 Å². The number of benzene rings is 2. The molecule has 0 atom stereocenters. The van der Waals surface area contributed by atoms with Gasteiger partial charge in [0.15, 0.2) is 18.1 Å². The second-order valence-electron chi connectivity index (χ2n) is 8.10. The Bertz CT molecular complexity index is 972. The van der Waals surface area contributed by atoms with E-state index in [9.17, 15) is 4.79 Å². The number of amides is 1. The normalized spacial score (nSPS) is 14.3. The van der Waals surface area contributed by atoms with Gasteiger partial charge in [-0.1, -0.05) is 25.2 Å². The van der Waals surface area contributed by atoms with Gasteiger partial charge in [0.1, 0.15) is 4.99 Å². The number of rotatable bonds is 6. The SMILES string of the molecule is COc1cc(C(=S)N2CCC(C)CC2)cc(I)c1OCC(=O)Nc1ccc(C)c(C)c1. The molecular weight excluding hydrogens is 523 g/mol. The standard InChI is InChI=1S/C24H29IN2O3S/c1-15-7-9-27(10-8-15)24(31)18-12-20(25)23(21(13-18)29-4)30-14-22(28)26-19-6-5-16(2)17(3)11-19/h5-6,11-13,15H,7-10,14H2,1-4H3,(H,26,28). The molecule has 3 rings (SSSR count). The summed E-state index contributed by atoms with van der Waals surface area (Å²) >= 11 is 7.96. The number of thiocarbonyl (C=S) groups is 1. The molecule has 2 aromatic carbocycles. The van der Waals surface area contributed by atoms with Gasteiger partial charge in [0, 0.05) is 24.3 Å². The minimum atomic E-state index is -0.219. The van der Waals surface area contributed by atoms with Crippen LogP contribution in [0.5, 0.6) is 11.5 Å². The molecule has 1 saturated heterocycles. The number of carbonyl (C=O) groups excluding carboxylic acids is 1. The zero-order chi connectivity index (χ0) is 22.5. The monoisotopic (exact) mass is 552 g/mol. The Labute approximate surface area is 203 Å². The third-order valence-electron chi connectivity index (χ3n) is 5.69. The van der Waals surface area contributed by atoms with E-state index in [1.54, 1.807) is 7.11 Å². The molecule has 1 fully saturated rings. The van der Waals surface area contributed by atoms with E-state index < -0.39 is 0 Å². The predicted octanol–water partition coefficient (Wildman–Crippen LogP) is 5.34. The molecular formula is C24H29IN2O3S. The summed E-state index contributed by atoms with van der Waals surface area (Å²) in [6.45, 7) is 8.21. The van der Waals surface area contributed by atoms with E-state index in [0.717, 1.165) is 57.2 Å². The van der Waals surface area contributed by atoms with Crippen LogP contribution in [0.15, 0.2) is 30.3 Å². The number of anilines is 1. The summed E-state index contributed by atoms with van der Waals surface area (Å²) in [6.07, 6.45) is 2.32. The maximum absolute atomic E-state index is 12.4. The first-order valence-corrected chi connectivity index (χ1v) is 11.9. The highest BCUT2D eigenvalue weighted by molar-refractivity contribution is 14.1. The van der Waals surface area contributed by atoms with Crippen LogP contribution in [0.25, 0.3) is 0 Å². The fourth-order valence-electron chi connectivity index (χ4n) is 3.53. The minimum Gasteiger partial charge on any atom is -0.493 e. The molecule has 0 spiro atoms. The van der Waals surface area contributed by atoms with E-state index in [1.165, 1.54) is 5.56 Å². The summed E-state index contributed by atoms with van der Waals surface area (Å²) in [5.41, 5.74) is 4.02. The lowest BCUT2D eigenvalue weighted by Gasteiger charge is -2.32. The number of piperidine rings is 1. The van der Waals surface area contributed by atoms with Crippen molar-refractivity contribution in [2.75, 3.05) is 32.1 Å². The smallest absolute Gasteiger partial charge is 0.262 e. The zero-order valence-electron chi connectivity index (χ0n) is 18.5. The molecule has 166 valence electrons. The summed E-state index contributed by atoms with van der Waals surface area (Å²) in [6, 6.07) is 9.73. The number of aryl methyl sites for hydroxylation is 2. The van der Waals surface area contributed by atoms with Crippen molar-refractivity contribution in [3.05, 3.63) is 50.6 Å². The Hall–Kier alpha value is -1.87. The van der Waals surface area contributed by atoms with E-state index in [1.807, 2.05) is 44.2 Å². The van der Waals surface area contributed by atoms with E-state index in [-0.39, 0.29) is 12.5 Å². The van der Waals surface area contributed by atoms with Crippen molar-refractivity contribution in [3.63, 3.8) is 0 Å². The lowest BCUT2D eigenvalue weighted by molar-refractivity contribution is -0.118. The van der Waals surface area contributed by atoms with Gasteiger partial charge in [0.2, 0.25) is 0 Å². The van der Waals surface area contributed by atoms with Crippen molar-refractivity contribution in [2.24, 2.45) is 5.92 Å². The molecule has 0 aromatic heterocycles. The van der Waals surface area contributed by atoms with Crippen molar-refractivity contribution in [3.8, 4) is 11.5 Å². The van der Waals surface area contributed by atoms with Crippen LogP contribution in [0.3, 0.4) is 0 Å². The first-order chi connectivity index (χ1) is 14.8. The quantitative estimate of drug-likeness (QED) is 0.388. The van der Waals surface area contributed by atoms with Crippen LogP contribution in [0.2, 0.25) is 0 Å². The second-order valence-corrected chi connectivity index (χ2v) is 9.65. The van der Waals surface area contributed by atoms with Gasteiger partial charge in [0.05, 0.1) is 10.7 Å². The number of hydrogen-bond acceptors (Lipinski definition) is 4. The molecule has 5 nitrogen and oxygen atoms in total. The first-order valence-electron chi connectivity index (χ1n) is 10.4. The summed E-state index contributed by atoms with van der Waals surface area (Å²) in [7, 11) is 1.60. The fourth-order valence-corrected chi connectivity index (χ4v) is 4.59. The molecule has 0 aliphatic carbocycles. The molecule has 0 radical (unpaired) electrons.